The van der Waals surface area contributed by atoms with Gasteiger partial charge >= 0.3 is 0 Å². The lowest BCUT2D eigenvalue weighted by molar-refractivity contribution is -0.0241. The summed E-state index contributed by atoms with van der Waals surface area (Å²) in [7, 11) is 2.14. The van der Waals surface area contributed by atoms with Crippen molar-refractivity contribution in [3.63, 3.8) is 0 Å². The second-order valence-electron chi connectivity index (χ2n) is 5.19. The SMILES string of the molecule is CCCCCCCC1(O)CCN(C)CC1. The van der Waals surface area contributed by atoms with Crippen LogP contribution < -0.4 is 0 Å². The Morgan fingerprint density at radius 1 is 1.07 bits per heavy atom. The molecule has 0 radical (unpaired) electrons. The maximum absolute atomic E-state index is 10.3. The lowest BCUT2D eigenvalue weighted by Crippen LogP contribution is -2.42. The minimum atomic E-state index is -0.335. The first-order valence-corrected chi connectivity index (χ1v) is 6.57. The van der Waals surface area contributed by atoms with Crippen molar-refractivity contribution in [1.82, 2.24) is 4.90 Å². The fourth-order valence-electron chi connectivity index (χ4n) is 2.34. The van der Waals surface area contributed by atoms with Crippen LogP contribution >= 0.6 is 0 Å². The monoisotopic (exact) mass is 213 g/mol. The van der Waals surface area contributed by atoms with E-state index >= 15 is 0 Å². The van der Waals surface area contributed by atoms with Gasteiger partial charge in [0.1, 0.15) is 0 Å². The Hall–Kier alpha value is -0.0800. The summed E-state index contributed by atoms with van der Waals surface area (Å²) in [4.78, 5) is 2.31. The second kappa shape index (κ2) is 6.49. The molecule has 0 amide bonds. The van der Waals surface area contributed by atoms with Gasteiger partial charge in [-0.3, -0.25) is 0 Å². The molecule has 1 fully saturated rings. The van der Waals surface area contributed by atoms with E-state index in [2.05, 4.69) is 18.9 Å². The zero-order chi connectivity index (χ0) is 11.1. The van der Waals surface area contributed by atoms with Gasteiger partial charge < -0.3 is 10.0 Å². The minimum absolute atomic E-state index is 0.335. The number of unbranched alkanes of at least 4 members (excludes halogenated alkanes) is 4. The quantitative estimate of drug-likeness (QED) is 0.686. The van der Waals surface area contributed by atoms with Crippen LogP contribution in [0.5, 0.6) is 0 Å². The Morgan fingerprint density at radius 2 is 1.67 bits per heavy atom. The van der Waals surface area contributed by atoms with Crippen LogP contribution in [0.1, 0.15) is 58.3 Å². The molecule has 90 valence electrons. The molecule has 1 aliphatic heterocycles. The minimum Gasteiger partial charge on any atom is -0.390 e. The van der Waals surface area contributed by atoms with E-state index in [1.165, 1.54) is 32.1 Å². The summed E-state index contributed by atoms with van der Waals surface area (Å²) in [5.74, 6) is 0. The molecule has 1 heterocycles. The first-order valence-electron chi connectivity index (χ1n) is 6.57. The molecule has 2 nitrogen and oxygen atoms in total. The lowest BCUT2D eigenvalue weighted by atomic mass is 9.86. The van der Waals surface area contributed by atoms with Crippen molar-refractivity contribution >= 4 is 0 Å². The van der Waals surface area contributed by atoms with E-state index in [1.54, 1.807) is 0 Å². The molecule has 0 aromatic carbocycles. The van der Waals surface area contributed by atoms with E-state index < -0.39 is 0 Å². The summed E-state index contributed by atoms with van der Waals surface area (Å²) in [6.07, 6.45) is 9.45. The van der Waals surface area contributed by atoms with Gasteiger partial charge in [-0.05, 0) is 26.3 Å². The van der Waals surface area contributed by atoms with Crippen molar-refractivity contribution in [3.8, 4) is 0 Å². The molecule has 0 atom stereocenters. The Labute approximate surface area is 94.7 Å². The van der Waals surface area contributed by atoms with Gasteiger partial charge in [-0.1, -0.05) is 39.0 Å². The smallest absolute Gasteiger partial charge is 0.0672 e. The first-order chi connectivity index (χ1) is 7.16. The van der Waals surface area contributed by atoms with Crippen molar-refractivity contribution < 1.29 is 5.11 Å². The summed E-state index contributed by atoms with van der Waals surface area (Å²) in [6, 6.07) is 0. The maximum atomic E-state index is 10.3. The van der Waals surface area contributed by atoms with Crippen molar-refractivity contribution in [3.05, 3.63) is 0 Å². The first kappa shape index (κ1) is 13.0. The van der Waals surface area contributed by atoms with Crippen molar-refractivity contribution in [2.24, 2.45) is 0 Å². The summed E-state index contributed by atoms with van der Waals surface area (Å²) in [5, 5.41) is 10.3. The molecule has 1 N–H and O–H groups in total. The highest BCUT2D eigenvalue weighted by molar-refractivity contribution is 4.84. The third-order valence-electron chi connectivity index (χ3n) is 3.66. The molecule has 0 bridgehead atoms. The molecule has 0 aliphatic carbocycles. The fourth-order valence-corrected chi connectivity index (χ4v) is 2.34. The highest BCUT2D eigenvalue weighted by atomic mass is 16.3. The number of hydrogen-bond acceptors (Lipinski definition) is 2. The number of hydrogen-bond donors (Lipinski definition) is 1. The Bertz CT molecular complexity index is 162. The van der Waals surface area contributed by atoms with Crippen molar-refractivity contribution in [2.45, 2.75) is 63.9 Å². The highest BCUT2D eigenvalue weighted by Crippen LogP contribution is 2.27. The van der Waals surface area contributed by atoms with Crippen LogP contribution in [0.4, 0.5) is 0 Å². The van der Waals surface area contributed by atoms with Crippen LogP contribution in [0.3, 0.4) is 0 Å². The van der Waals surface area contributed by atoms with Gasteiger partial charge in [0.15, 0.2) is 0 Å². The second-order valence-corrected chi connectivity index (χ2v) is 5.19. The van der Waals surface area contributed by atoms with Gasteiger partial charge in [-0.25, -0.2) is 0 Å². The van der Waals surface area contributed by atoms with Gasteiger partial charge in [-0.15, -0.1) is 0 Å². The number of aliphatic hydroxyl groups is 1. The van der Waals surface area contributed by atoms with Crippen LogP contribution in [0.2, 0.25) is 0 Å². The molecule has 0 saturated carbocycles. The highest BCUT2D eigenvalue weighted by Gasteiger charge is 2.30. The average Bonchev–Trinajstić information content (AvgIpc) is 2.23. The van der Waals surface area contributed by atoms with E-state index in [9.17, 15) is 5.11 Å². The Morgan fingerprint density at radius 3 is 2.27 bits per heavy atom. The summed E-state index contributed by atoms with van der Waals surface area (Å²) in [6.45, 7) is 4.36. The van der Waals surface area contributed by atoms with Crippen LogP contribution in [0, 0.1) is 0 Å². The Balaban J connectivity index is 2.08. The predicted molar refractivity (Wildman–Crippen MR) is 65.1 cm³/mol. The topological polar surface area (TPSA) is 23.5 Å². The van der Waals surface area contributed by atoms with Gasteiger partial charge in [-0.2, -0.15) is 0 Å². The molecule has 1 rings (SSSR count). The standard InChI is InChI=1S/C13H27NO/c1-3-4-5-6-7-8-13(15)9-11-14(2)12-10-13/h15H,3-12H2,1-2H3. The van der Waals surface area contributed by atoms with Crippen LogP contribution in [0.25, 0.3) is 0 Å². The van der Waals surface area contributed by atoms with E-state index in [0.29, 0.717) is 0 Å². The largest absolute Gasteiger partial charge is 0.390 e. The number of piperidine rings is 1. The zero-order valence-electron chi connectivity index (χ0n) is 10.5. The molecule has 1 saturated heterocycles. The summed E-state index contributed by atoms with van der Waals surface area (Å²) < 4.78 is 0. The average molecular weight is 213 g/mol. The third-order valence-corrected chi connectivity index (χ3v) is 3.66. The van der Waals surface area contributed by atoms with Crippen LogP contribution in [0.15, 0.2) is 0 Å². The normalized spacial score (nSPS) is 21.8. The fraction of sp³-hybridized carbons (Fsp3) is 1.00. The molecule has 0 aromatic rings. The van der Waals surface area contributed by atoms with E-state index in [1.807, 2.05) is 0 Å². The van der Waals surface area contributed by atoms with E-state index in [-0.39, 0.29) is 5.60 Å². The maximum Gasteiger partial charge on any atom is 0.0672 e. The summed E-state index contributed by atoms with van der Waals surface area (Å²) in [5.41, 5.74) is -0.335. The molecule has 0 unspecified atom stereocenters. The van der Waals surface area contributed by atoms with Gasteiger partial charge in [0.25, 0.3) is 0 Å². The number of likely N-dealkylation sites (tertiary alicyclic amines) is 1. The molecule has 1 aliphatic rings. The van der Waals surface area contributed by atoms with E-state index in [0.717, 1.165) is 32.4 Å². The van der Waals surface area contributed by atoms with Gasteiger partial charge in [0, 0.05) is 13.1 Å². The Kier molecular flexibility index (Phi) is 5.62. The predicted octanol–water partition coefficient (Wildman–Crippen LogP) is 2.80. The zero-order valence-corrected chi connectivity index (χ0v) is 10.5. The van der Waals surface area contributed by atoms with Gasteiger partial charge in [0.2, 0.25) is 0 Å². The molecule has 2 heteroatoms. The molecule has 0 aromatic heterocycles. The molecule has 15 heavy (non-hydrogen) atoms. The van der Waals surface area contributed by atoms with Crippen LogP contribution in [-0.4, -0.2) is 35.7 Å². The number of rotatable bonds is 6. The third kappa shape index (κ3) is 4.98. The van der Waals surface area contributed by atoms with Crippen molar-refractivity contribution in [2.75, 3.05) is 20.1 Å². The molecular weight excluding hydrogens is 186 g/mol. The van der Waals surface area contributed by atoms with Crippen molar-refractivity contribution in [1.29, 1.82) is 0 Å². The lowest BCUT2D eigenvalue weighted by Gasteiger charge is -2.36. The molecular formula is C13H27NO. The summed E-state index contributed by atoms with van der Waals surface area (Å²) >= 11 is 0. The number of nitrogens with zero attached hydrogens (tertiary/aromatic N) is 1. The van der Waals surface area contributed by atoms with Crippen LogP contribution in [-0.2, 0) is 0 Å². The molecule has 0 spiro atoms. The van der Waals surface area contributed by atoms with Gasteiger partial charge in [0.05, 0.1) is 5.60 Å². The van der Waals surface area contributed by atoms with E-state index in [4.69, 9.17) is 0 Å².